The van der Waals surface area contributed by atoms with E-state index in [1.54, 1.807) is 6.07 Å². The lowest BCUT2D eigenvalue weighted by Gasteiger charge is -2.06. The second-order valence-corrected chi connectivity index (χ2v) is 5.42. The van der Waals surface area contributed by atoms with E-state index in [9.17, 15) is 4.79 Å². The number of aromatic nitrogens is 2. The number of amides is 1. The number of rotatable bonds is 4. The molecule has 0 aliphatic carbocycles. The average molecular weight is 276 g/mol. The van der Waals surface area contributed by atoms with Gasteiger partial charge in [0.05, 0.1) is 0 Å². The minimum atomic E-state index is -0.201. The molecule has 0 aliphatic heterocycles. The lowest BCUT2D eigenvalue weighted by atomic mass is 10.1. The first-order valence-corrected chi connectivity index (χ1v) is 6.86. The largest absolute Gasteiger partial charge is 0.326 e. The van der Waals surface area contributed by atoms with E-state index in [0.29, 0.717) is 23.2 Å². The minimum absolute atomic E-state index is 0.201. The van der Waals surface area contributed by atoms with Crippen molar-refractivity contribution in [3.63, 3.8) is 0 Å². The van der Waals surface area contributed by atoms with Crippen LogP contribution >= 0.6 is 11.3 Å². The van der Waals surface area contributed by atoms with Crippen LogP contribution in [0.5, 0.6) is 0 Å². The summed E-state index contributed by atoms with van der Waals surface area (Å²) in [7, 11) is 0. The van der Waals surface area contributed by atoms with Gasteiger partial charge in [0.1, 0.15) is 5.01 Å². The van der Waals surface area contributed by atoms with Crippen LogP contribution in [0.15, 0.2) is 24.3 Å². The molecule has 0 spiro atoms. The monoisotopic (exact) mass is 276 g/mol. The van der Waals surface area contributed by atoms with E-state index in [4.69, 9.17) is 5.73 Å². The zero-order valence-corrected chi connectivity index (χ0v) is 11.7. The van der Waals surface area contributed by atoms with Crippen LogP contribution in [0.4, 0.5) is 5.13 Å². The van der Waals surface area contributed by atoms with Crippen molar-refractivity contribution in [3.8, 4) is 0 Å². The maximum Gasteiger partial charge on any atom is 0.257 e. The zero-order valence-electron chi connectivity index (χ0n) is 10.9. The number of hydrogen-bond donors (Lipinski definition) is 2. The molecule has 0 atom stereocenters. The fraction of sp³-hybridized carbons (Fsp3) is 0.308. The van der Waals surface area contributed by atoms with Crippen LogP contribution in [0.2, 0.25) is 0 Å². The molecule has 0 bridgehead atoms. The predicted molar refractivity (Wildman–Crippen MR) is 76.3 cm³/mol. The number of carbonyl (C=O) groups is 1. The Labute approximate surface area is 115 Å². The second kappa shape index (κ2) is 5.90. The van der Waals surface area contributed by atoms with Crippen molar-refractivity contribution in [2.45, 2.75) is 26.3 Å². The normalized spacial score (nSPS) is 10.7. The van der Waals surface area contributed by atoms with Crippen molar-refractivity contribution in [1.29, 1.82) is 0 Å². The number of benzene rings is 1. The smallest absolute Gasteiger partial charge is 0.257 e. The lowest BCUT2D eigenvalue weighted by molar-refractivity contribution is 0.102. The summed E-state index contributed by atoms with van der Waals surface area (Å²) >= 11 is 1.39. The van der Waals surface area contributed by atoms with Crippen molar-refractivity contribution >= 4 is 22.4 Å². The third-order valence-electron chi connectivity index (χ3n) is 2.64. The highest BCUT2D eigenvalue weighted by Gasteiger charge is 2.13. The standard InChI is InChI=1S/C13H16N4OS/c1-8(2)12-16-17-13(19-12)15-11(18)10-6-4-3-5-9(10)7-14/h3-6,8H,7,14H2,1-2H3,(H,15,17,18). The first kappa shape index (κ1) is 13.6. The Balaban J connectivity index is 2.16. The Hall–Kier alpha value is -1.79. The predicted octanol–water partition coefficient (Wildman–Crippen LogP) is 2.37. The highest BCUT2D eigenvalue weighted by molar-refractivity contribution is 7.15. The number of nitrogens with one attached hydrogen (secondary N) is 1. The molecule has 100 valence electrons. The summed E-state index contributed by atoms with van der Waals surface area (Å²) in [4.78, 5) is 12.1. The van der Waals surface area contributed by atoms with Crippen molar-refractivity contribution in [3.05, 3.63) is 40.4 Å². The first-order chi connectivity index (χ1) is 9.11. The second-order valence-electron chi connectivity index (χ2n) is 4.42. The molecular formula is C13H16N4OS. The van der Waals surface area contributed by atoms with E-state index in [-0.39, 0.29) is 5.91 Å². The fourth-order valence-electron chi connectivity index (χ4n) is 1.60. The summed E-state index contributed by atoms with van der Waals surface area (Å²) in [5, 5.41) is 12.2. The summed E-state index contributed by atoms with van der Waals surface area (Å²) in [6, 6.07) is 7.27. The minimum Gasteiger partial charge on any atom is -0.326 e. The summed E-state index contributed by atoms with van der Waals surface area (Å²) in [5.41, 5.74) is 7.01. The van der Waals surface area contributed by atoms with Crippen LogP contribution < -0.4 is 11.1 Å². The van der Waals surface area contributed by atoms with E-state index in [1.165, 1.54) is 11.3 Å². The van der Waals surface area contributed by atoms with Gasteiger partial charge in [-0.15, -0.1) is 10.2 Å². The molecule has 2 rings (SSSR count). The maximum absolute atomic E-state index is 12.1. The summed E-state index contributed by atoms with van der Waals surface area (Å²) < 4.78 is 0. The molecule has 0 saturated heterocycles. The van der Waals surface area contributed by atoms with Gasteiger partial charge in [-0.25, -0.2) is 0 Å². The molecule has 0 saturated carbocycles. The highest BCUT2D eigenvalue weighted by Crippen LogP contribution is 2.23. The van der Waals surface area contributed by atoms with Crippen molar-refractivity contribution in [2.75, 3.05) is 5.32 Å². The maximum atomic E-state index is 12.1. The topological polar surface area (TPSA) is 80.9 Å². The van der Waals surface area contributed by atoms with Gasteiger partial charge in [-0.05, 0) is 11.6 Å². The van der Waals surface area contributed by atoms with E-state index < -0.39 is 0 Å². The Bertz CT molecular complexity index is 580. The number of carbonyl (C=O) groups excluding carboxylic acids is 1. The molecule has 19 heavy (non-hydrogen) atoms. The molecule has 1 aromatic heterocycles. The molecule has 0 unspecified atom stereocenters. The third kappa shape index (κ3) is 3.15. The van der Waals surface area contributed by atoms with E-state index in [2.05, 4.69) is 15.5 Å². The van der Waals surface area contributed by atoms with Crippen molar-refractivity contribution in [2.24, 2.45) is 5.73 Å². The van der Waals surface area contributed by atoms with Crippen LogP contribution in [-0.2, 0) is 6.54 Å². The van der Waals surface area contributed by atoms with Crippen LogP contribution in [0, 0.1) is 0 Å². The fourth-order valence-corrected chi connectivity index (χ4v) is 2.34. The van der Waals surface area contributed by atoms with Crippen LogP contribution in [0.25, 0.3) is 0 Å². The van der Waals surface area contributed by atoms with Crippen LogP contribution in [0.1, 0.15) is 40.7 Å². The average Bonchev–Trinajstić information content (AvgIpc) is 2.87. The Morgan fingerprint density at radius 1 is 1.37 bits per heavy atom. The van der Waals surface area contributed by atoms with Crippen molar-refractivity contribution in [1.82, 2.24) is 10.2 Å². The van der Waals surface area contributed by atoms with Crippen LogP contribution in [0.3, 0.4) is 0 Å². The third-order valence-corrected chi connectivity index (χ3v) is 3.78. The molecule has 0 aliphatic rings. The summed E-state index contributed by atoms with van der Waals surface area (Å²) in [5.74, 6) is 0.104. The molecule has 1 amide bonds. The Morgan fingerprint density at radius 3 is 2.74 bits per heavy atom. The first-order valence-electron chi connectivity index (χ1n) is 6.04. The molecule has 3 N–H and O–H groups in total. The lowest BCUT2D eigenvalue weighted by Crippen LogP contribution is -2.15. The molecule has 6 heteroatoms. The van der Waals surface area contributed by atoms with Gasteiger partial charge in [-0.2, -0.15) is 0 Å². The molecule has 1 aromatic carbocycles. The molecule has 0 radical (unpaired) electrons. The molecule has 0 fully saturated rings. The van der Waals surface area contributed by atoms with Gasteiger partial charge in [-0.1, -0.05) is 43.4 Å². The van der Waals surface area contributed by atoms with Gasteiger partial charge in [0.25, 0.3) is 5.91 Å². The van der Waals surface area contributed by atoms with Gasteiger partial charge in [0, 0.05) is 18.0 Å². The van der Waals surface area contributed by atoms with Gasteiger partial charge in [0.2, 0.25) is 5.13 Å². The summed E-state index contributed by atoms with van der Waals surface area (Å²) in [6.45, 7) is 4.41. The van der Waals surface area contributed by atoms with E-state index >= 15 is 0 Å². The number of hydrogen-bond acceptors (Lipinski definition) is 5. The van der Waals surface area contributed by atoms with Gasteiger partial charge in [-0.3, -0.25) is 10.1 Å². The zero-order chi connectivity index (χ0) is 13.8. The highest BCUT2D eigenvalue weighted by atomic mass is 32.1. The SMILES string of the molecule is CC(C)c1nnc(NC(=O)c2ccccc2CN)s1. The van der Waals surface area contributed by atoms with Gasteiger partial charge < -0.3 is 5.73 Å². The Morgan fingerprint density at radius 2 is 2.11 bits per heavy atom. The molecule has 1 heterocycles. The van der Waals surface area contributed by atoms with Crippen LogP contribution in [-0.4, -0.2) is 16.1 Å². The molecule has 5 nitrogen and oxygen atoms in total. The van der Waals surface area contributed by atoms with Gasteiger partial charge >= 0.3 is 0 Å². The van der Waals surface area contributed by atoms with Crippen molar-refractivity contribution < 1.29 is 4.79 Å². The number of nitrogens with zero attached hydrogens (tertiary/aromatic N) is 2. The molecule has 2 aromatic rings. The quantitative estimate of drug-likeness (QED) is 0.898. The van der Waals surface area contributed by atoms with E-state index in [0.717, 1.165) is 10.6 Å². The van der Waals surface area contributed by atoms with E-state index in [1.807, 2.05) is 32.0 Å². The summed E-state index contributed by atoms with van der Waals surface area (Å²) in [6.07, 6.45) is 0. The molecular weight excluding hydrogens is 260 g/mol. The number of nitrogens with two attached hydrogens (primary N) is 1. The number of anilines is 1. The Kier molecular flexibility index (Phi) is 4.24. The van der Waals surface area contributed by atoms with Gasteiger partial charge in [0.15, 0.2) is 0 Å².